The van der Waals surface area contributed by atoms with Gasteiger partial charge in [0.05, 0.1) is 24.4 Å². The maximum absolute atomic E-state index is 6.12. The molecule has 122 valence electrons. The maximum atomic E-state index is 6.12. The van der Waals surface area contributed by atoms with Gasteiger partial charge in [0.2, 0.25) is 0 Å². The first kappa shape index (κ1) is 19.9. The molecule has 0 aliphatic rings. The molecule has 0 atom stereocenters. The van der Waals surface area contributed by atoms with Crippen LogP contribution in [0.3, 0.4) is 0 Å². The molecule has 0 aromatic rings. The average Bonchev–Trinajstić information content (AvgIpc) is 2.29. The van der Waals surface area contributed by atoms with Crippen molar-refractivity contribution in [1.29, 1.82) is 0 Å². The largest absolute Gasteiger partial charge is 0.373 e. The summed E-state index contributed by atoms with van der Waals surface area (Å²) in [4.78, 5) is 0. The quantitative estimate of drug-likeness (QED) is 0.487. The summed E-state index contributed by atoms with van der Waals surface area (Å²) in [5.74, 6) is 0. The minimum atomic E-state index is -0.111. The molecule has 2 heteroatoms. The van der Waals surface area contributed by atoms with Crippen LogP contribution in [0.4, 0.5) is 0 Å². The standard InChI is InChI=1S/C18H38O2/c1-9-10-11-12-13-17(5,6)18(7,8)20-15-14-19-16(2,3)4/h9-15H2,1-8H3. The van der Waals surface area contributed by atoms with Gasteiger partial charge in [-0.15, -0.1) is 0 Å². The van der Waals surface area contributed by atoms with Crippen LogP contribution in [0.2, 0.25) is 0 Å². The summed E-state index contributed by atoms with van der Waals surface area (Å²) in [6.45, 7) is 18.9. The van der Waals surface area contributed by atoms with Crippen molar-refractivity contribution in [2.75, 3.05) is 13.2 Å². The van der Waals surface area contributed by atoms with Gasteiger partial charge in [0.25, 0.3) is 0 Å². The molecule has 0 spiro atoms. The highest BCUT2D eigenvalue weighted by Gasteiger charge is 2.37. The lowest BCUT2D eigenvalue weighted by atomic mass is 9.73. The van der Waals surface area contributed by atoms with Crippen molar-refractivity contribution in [3.63, 3.8) is 0 Å². The van der Waals surface area contributed by atoms with Gasteiger partial charge in [-0.2, -0.15) is 0 Å². The minimum Gasteiger partial charge on any atom is -0.373 e. The Labute approximate surface area is 127 Å². The molecule has 20 heavy (non-hydrogen) atoms. The fourth-order valence-electron chi connectivity index (χ4n) is 2.13. The maximum Gasteiger partial charge on any atom is 0.0708 e. The summed E-state index contributed by atoms with van der Waals surface area (Å²) in [6, 6.07) is 0. The van der Waals surface area contributed by atoms with Crippen LogP contribution >= 0.6 is 0 Å². The van der Waals surface area contributed by atoms with E-state index in [4.69, 9.17) is 9.47 Å². The van der Waals surface area contributed by atoms with Crippen LogP contribution in [0.25, 0.3) is 0 Å². The lowest BCUT2D eigenvalue weighted by Gasteiger charge is -2.42. The monoisotopic (exact) mass is 286 g/mol. The van der Waals surface area contributed by atoms with Gasteiger partial charge >= 0.3 is 0 Å². The van der Waals surface area contributed by atoms with Crippen molar-refractivity contribution in [3.8, 4) is 0 Å². The molecule has 0 amide bonds. The van der Waals surface area contributed by atoms with Crippen molar-refractivity contribution in [2.45, 2.75) is 98.7 Å². The first-order valence-corrected chi connectivity index (χ1v) is 8.30. The van der Waals surface area contributed by atoms with Gasteiger partial charge in [-0.1, -0.05) is 46.5 Å². The molecular weight excluding hydrogens is 248 g/mol. The Morgan fingerprint density at radius 3 is 1.75 bits per heavy atom. The van der Waals surface area contributed by atoms with Crippen LogP contribution in [0.5, 0.6) is 0 Å². The summed E-state index contributed by atoms with van der Waals surface area (Å²) in [6.07, 6.45) is 6.50. The first-order chi connectivity index (χ1) is 9.02. The predicted molar refractivity (Wildman–Crippen MR) is 88.3 cm³/mol. The van der Waals surface area contributed by atoms with E-state index in [1.165, 1.54) is 32.1 Å². The van der Waals surface area contributed by atoms with Crippen LogP contribution in [-0.4, -0.2) is 24.4 Å². The smallest absolute Gasteiger partial charge is 0.0708 e. The van der Waals surface area contributed by atoms with Gasteiger partial charge in [-0.05, 0) is 46.5 Å². The van der Waals surface area contributed by atoms with E-state index in [1.807, 2.05) is 0 Å². The Balaban J connectivity index is 4.11. The molecule has 0 radical (unpaired) electrons. The zero-order valence-corrected chi connectivity index (χ0v) is 15.3. The van der Waals surface area contributed by atoms with Crippen molar-refractivity contribution in [1.82, 2.24) is 0 Å². The van der Waals surface area contributed by atoms with Gasteiger partial charge in [-0.25, -0.2) is 0 Å². The van der Waals surface area contributed by atoms with Crippen LogP contribution in [0, 0.1) is 5.41 Å². The minimum absolute atomic E-state index is 0.0802. The van der Waals surface area contributed by atoms with E-state index < -0.39 is 0 Å². The van der Waals surface area contributed by atoms with Crippen LogP contribution < -0.4 is 0 Å². The molecule has 0 unspecified atom stereocenters. The second-order valence-corrected chi connectivity index (χ2v) is 8.01. The number of unbranched alkanes of at least 4 members (excludes halogenated alkanes) is 3. The van der Waals surface area contributed by atoms with Crippen LogP contribution in [-0.2, 0) is 9.47 Å². The predicted octanol–water partition coefficient (Wildman–Crippen LogP) is 5.59. The van der Waals surface area contributed by atoms with Crippen molar-refractivity contribution in [2.24, 2.45) is 5.41 Å². The van der Waals surface area contributed by atoms with E-state index in [1.54, 1.807) is 0 Å². The zero-order valence-electron chi connectivity index (χ0n) is 15.3. The molecule has 0 fully saturated rings. The number of rotatable bonds is 10. The Hall–Kier alpha value is -0.0800. The number of ether oxygens (including phenoxy) is 2. The molecular formula is C18H38O2. The van der Waals surface area contributed by atoms with E-state index in [9.17, 15) is 0 Å². The highest BCUT2D eigenvalue weighted by molar-refractivity contribution is 4.87. The molecule has 0 heterocycles. The topological polar surface area (TPSA) is 18.5 Å². The highest BCUT2D eigenvalue weighted by atomic mass is 16.5. The third-order valence-electron chi connectivity index (χ3n) is 4.37. The SMILES string of the molecule is CCCCCCC(C)(C)C(C)(C)OCCOC(C)(C)C. The molecule has 0 aliphatic heterocycles. The zero-order chi connectivity index (χ0) is 15.9. The molecule has 0 aromatic carbocycles. The van der Waals surface area contributed by atoms with Crippen LogP contribution in [0.15, 0.2) is 0 Å². The average molecular weight is 286 g/mol. The van der Waals surface area contributed by atoms with Gasteiger partial charge in [0, 0.05) is 0 Å². The van der Waals surface area contributed by atoms with Gasteiger partial charge in [0.1, 0.15) is 0 Å². The second-order valence-electron chi connectivity index (χ2n) is 8.01. The third kappa shape index (κ3) is 8.26. The van der Waals surface area contributed by atoms with Crippen LogP contribution in [0.1, 0.15) is 87.5 Å². The Kier molecular flexibility index (Phi) is 8.35. The number of hydrogen-bond donors (Lipinski definition) is 0. The lowest BCUT2D eigenvalue weighted by molar-refractivity contribution is -0.127. The van der Waals surface area contributed by atoms with Crippen molar-refractivity contribution >= 4 is 0 Å². The molecule has 0 saturated heterocycles. The summed E-state index contributed by atoms with van der Waals surface area (Å²) >= 11 is 0. The highest BCUT2D eigenvalue weighted by Crippen LogP contribution is 2.38. The third-order valence-corrected chi connectivity index (χ3v) is 4.37. The summed E-state index contributed by atoms with van der Waals surface area (Å²) in [5.41, 5.74) is 0.00606. The van der Waals surface area contributed by atoms with E-state index >= 15 is 0 Å². The lowest BCUT2D eigenvalue weighted by Crippen LogP contribution is -2.42. The summed E-state index contributed by atoms with van der Waals surface area (Å²) in [7, 11) is 0. The Morgan fingerprint density at radius 1 is 0.700 bits per heavy atom. The van der Waals surface area contributed by atoms with Gasteiger partial charge < -0.3 is 9.47 Å². The van der Waals surface area contributed by atoms with Gasteiger partial charge in [0.15, 0.2) is 0 Å². The Morgan fingerprint density at radius 2 is 1.25 bits per heavy atom. The number of hydrogen-bond acceptors (Lipinski definition) is 2. The summed E-state index contributed by atoms with van der Waals surface area (Å²) in [5, 5.41) is 0. The fraction of sp³-hybridized carbons (Fsp3) is 1.00. The second kappa shape index (κ2) is 8.38. The Bertz CT molecular complexity index is 249. The van der Waals surface area contributed by atoms with E-state index in [0.717, 1.165) is 0 Å². The first-order valence-electron chi connectivity index (χ1n) is 8.30. The molecule has 0 aliphatic carbocycles. The molecule has 0 saturated carbocycles. The van der Waals surface area contributed by atoms with Gasteiger partial charge in [-0.3, -0.25) is 0 Å². The molecule has 2 nitrogen and oxygen atoms in total. The van der Waals surface area contributed by atoms with Crippen molar-refractivity contribution < 1.29 is 9.47 Å². The van der Waals surface area contributed by atoms with Crippen molar-refractivity contribution in [3.05, 3.63) is 0 Å². The fourth-order valence-corrected chi connectivity index (χ4v) is 2.13. The molecule has 0 N–H and O–H groups in total. The van der Waals surface area contributed by atoms with E-state index in [-0.39, 0.29) is 16.6 Å². The van der Waals surface area contributed by atoms with E-state index in [2.05, 4.69) is 55.4 Å². The molecule has 0 bridgehead atoms. The molecule has 0 aromatic heterocycles. The summed E-state index contributed by atoms with van der Waals surface area (Å²) < 4.78 is 11.8. The normalized spacial score (nSPS) is 13.8. The van der Waals surface area contributed by atoms with E-state index in [0.29, 0.717) is 13.2 Å². The molecule has 0 rings (SSSR count).